The largest absolute Gasteiger partial charge is 0.444 e. The molecular formula is C16H19N3O3S. The third-order valence-corrected chi connectivity index (χ3v) is 4.74. The van der Waals surface area contributed by atoms with Gasteiger partial charge in [0, 0.05) is 11.4 Å². The van der Waals surface area contributed by atoms with Crippen LogP contribution in [0.4, 0.5) is 0 Å². The Balaban J connectivity index is 1.57. The number of carbonyl (C=O) groups is 2. The van der Waals surface area contributed by atoms with E-state index >= 15 is 0 Å². The maximum Gasteiger partial charge on any atom is 0.243 e. The Labute approximate surface area is 138 Å². The van der Waals surface area contributed by atoms with Gasteiger partial charge in [-0.1, -0.05) is 6.07 Å². The minimum Gasteiger partial charge on any atom is -0.444 e. The minimum absolute atomic E-state index is 0.0112. The van der Waals surface area contributed by atoms with Gasteiger partial charge >= 0.3 is 0 Å². The Morgan fingerprint density at radius 2 is 2.39 bits per heavy atom. The molecular weight excluding hydrogens is 314 g/mol. The van der Waals surface area contributed by atoms with E-state index in [1.54, 1.807) is 29.4 Å². The van der Waals surface area contributed by atoms with Crippen LogP contribution in [-0.2, 0) is 22.6 Å². The normalized spacial score (nSPS) is 17.4. The van der Waals surface area contributed by atoms with E-state index in [-0.39, 0.29) is 18.4 Å². The van der Waals surface area contributed by atoms with Crippen molar-refractivity contribution in [3.05, 3.63) is 40.2 Å². The first kappa shape index (κ1) is 15.7. The molecule has 23 heavy (non-hydrogen) atoms. The Kier molecular flexibility index (Phi) is 4.76. The van der Waals surface area contributed by atoms with Crippen molar-refractivity contribution in [3.8, 4) is 0 Å². The first-order chi connectivity index (χ1) is 11.1. The number of likely N-dealkylation sites (tertiary alicyclic amines) is 1. The fourth-order valence-corrected chi connectivity index (χ4v) is 3.46. The number of hydrogen-bond donors (Lipinski definition) is 1. The molecule has 1 saturated heterocycles. The molecule has 2 aromatic rings. The molecule has 0 aromatic carbocycles. The van der Waals surface area contributed by atoms with Crippen LogP contribution < -0.4 is 5.32 Å². The lowest BCUT2D eigenvalue weighted by Crippen LogP contribution is -2.46. The molecule has 0 spiro atoms. The second-order valence-electron chi connectivity index (χ2n) is 5.58. The highest BCUT2D eigenvalue weighted by atomic mass is 32.1. The van der Waals surface area contributed by atoms with Crippen molar-refractivity contribution in [2.75, 3.05) is 6.54 Å². The summed E-state index contributed by atoms with van der Waals surface area (Å²) < 4.78 is 5.34. The van der Waals surface area contributed by atoms with Crippen molar-refractivity contribution in [2.24, 2.45) is 0 Å². The number of aromatic nitrogens is 1. The second-order valence-corrected chi connectivity index (χ2v) is 6.62. The summed E-state index contributed by atoms with van der Waals surface area (Å²) in [5.74, 6) is 1.06. The van der Waals surface area contributed by atoms with E-state index in [0.717, 1.165) is 11.3 Å². The number of amides is 2. The highest BCUT2D eigenvalue weighted by Gasteiger charge is 2.33. The fourth-order valence-electron chi connectivity index (χ4n) is 2.77. The number of hydrogen-bond acceptors (Lipinski definition) is 5. The molecule has 2 aromatic heterocycles. The molecule has 1 aliphatic heterocycles. The van der Waals surface area contributed by atoms with E-state index in [2.05, 4.69) is 10.3 Å². The van der Waals surface area contributed by atoms with E-state index in [9.17, 15) is 9.59 Å². The summed E-state index contributed by atoms with van der Waals surface area (Å²) >= 11 is 1.56. The van der Waals surface area contributed by atoms with Gasteiger partial charge in [0.2, 0.25) is 17.7 Å². The first-order valence-corrected chi connectivity index (χ1v) is 8.52. The summed E-state index contributed by atoms with van der Waals surface area (Å²) in [4.78, 5) is 31.6. The van der Waals surface area contributed by atoms with Crippen molar-refractivity contribution in [1.29, 1.82) is 0 Å². The highest BCUT2D eigenvalue weighted by molar-refractivity contribution is 7.10. The maximum atomic E-state index is 12.4. The number of oxazole rings is 1. The first-order valence-electron chi connectivity index (χ1n) is 7.64. The van der Waals surface area contributed by atoms with Gasteiger partial charge in [-0.15, -0.1) is 11.3 Å². The Bertz CT molecular complexity index is 681. The average molecular weight is 333 g/mol. The molecule has 1 aliphatic rings. The number of thiophene rings is 1. The van der Waals surface area contributed by atoms with E-state index in [4.69, 9.17) is 4.42 Å². The zero-order chi connectivity index (χ0) is 16.2. The number of rotatable bonds is 5. The predicted octanol–water partition coefficient (Wildman–Crippen LogP) is 1.89. The summed E-state index contributed by atoms with van der Waals surface area (Å²) in [6, 6.07) is 3.48. The Morgan fingerprint density at radius 3 is 3.09 bits per heavy atom. The summed E-state index contributed by atoms with van der Waals surface area (Å²) in [6.07, 6.45) is 3.54. The molecule has 3 rings (SSSR count). The van der Waals surface area contributed by atoms with Gasteiger partial charge in [-0.3, -0.25) is 9.59 Å². The van der Waals surface area contributed by atoms with E-state index in [1.807, 2.05) is 17.5 Å². The van der Waals surface area contributed by atoms with Crippen molar-refractivity contribution >= 4 is 23.2 Å². The van der Waals surface area contributed by atoms with Gasteiger partial charge in [-0.05, 0) is 31.2 Å². The van der Waals surface area contributed by atoms with Crippen molar-refractivity contribution in [2.45, 2.75) is 38.8 Å². The molecule has 0 saturated carbocycles. The zero-order valence-corrected chi connectivity index (χ0v) is 13.8. The van der Waals surface area contributed by atoms with Crippen LogP contribution in [0.2, 0.25) is 0 Å². The molecule has 7 heteroatoms. The minimum atomic E-state index is -0.390. The number of nitrogens with one attached hydrogen (secondary N) is 1. The molecule has 0 radical (unpaired) electrons. The summed E-state index contributed by atoms with van der Waals surface area (Å²) in [5.41, 5.74) is 0. The van der Waals surface area contributed by atoms with Crippen LogP contribution in [-0.4, -0.2) is 34.3 Å². The fraction of sp³-hybridized carbons (Fsp3) is 0.438. The van der Waals surface area contributed by atoms with Crippen LogP contribution in [0.3, 0.4) is 0 Å². The van der Waals surface area contributed by atoms with Crippen molar-refractivity contribution in [1.82, 2.24) is 15.2 Å². The third kappa shape index (κ3) is 3.79. The topological polar surface area (TPSA) is 75.4 Å². The molecule has 3 heterocycles. The number of carbonyl (C=O) groups excluding carboxylic acids is 2. The molecule has 6 nitrogen and oxygen atoms in total. The molecule has 0 aliphatic carbocycles. The Morgan fingerprint density at radius 1 is 1.52 bits per heavy atom. The number of aryl methyl sites for hydroxylation is 1. The van der Waals surface area contributed by atoms with Crippen LogP contribution in [0.1, 0.15) is 29.4 Å². The molecule has 1 atom stereocenters. The predicted molar refractivity (Wildman–Crippen MR) is 85.8 cm³/mol. The van der Waals surface area contributed by atoms with Gasteiger partial charge in [0.05, 0.1) is 19.2 Å². The van der Waals surface area contributed by atoms with Gasteiger partial charge in [0.25, 0.3) is 0 Å². The lowest BCUT2D eigenvalue weighted by molar-refractivity contribution is -0.138. The standard InChI is InChI=1S/C16H19N3O3S/c1-11-9-17-14(22-11)10-18-16(21)13-5-2-6-19(13)15(20)8-12-4-3-7-23-12/h3-4,7,9,13H,2,5-6,8,10H2,1H3,(H,18,21)/t13-/m0/s1. The smallest absolute Gasteiger partial charge is 0.243 e. The van der Waals surface area contributed by atoms with Crippen LogP contribution in [0, 0.1) is 6.92 Å². The van der Waals surface area contributed by atoms with Gasteiger partial charge < -0.3 is 14.6 Å². The molecule has 2 amide bonds. The van der Waals surface area contributed by atoms with Crippen LogP contribution in [0.15, 0.2) is 28.1 Å². The monoisotopic (exact) mass is 333 g/mol. The van der Waals surface area contributed by atoms with Crippen LogP contribution in [0.25, 0.3) is 0 Å². The van der Waals surface area contributed by atoms with E-state index < -0.39 is 6.04 Å². The quantitative estimate of drug-likeness (QED) is 0.907. The molecule has 1 fully saturated rings. The molecule has 0 unspecified atom stereocenters. The lowest BCUT2D eigenvalue weighted by atomic mass is 10.2. The Hall–Kier alpha value is -2.15. The van der Waals surface area contributed by atoms with E-state index in [0.29, 0.717) is 31.0 Å². The van der Waals surface area contributed by atoms with Crippen LogP contribution >= 0.6 is 11.3 Å². The number of nitrogens with zero attached hydrogens (tertiary/aromatic N) is 2. The molecule has 0 bridgehead atoms. The molecule has 1 N–H and O–H groups in total. The average Bonchev–Trinajstić information content (AvgIpc) is 3.26. The summed E-state index contributed by atoms with van der Waals surface area (Å²) in [5, 5.41) is 4.76. The maximum absolute atomic E-state index is 12.4. The van der Waals surface area contributed by atoms with Gasteiger partial charge in [0.15, 0.2) is 0 Å². The SMILES string of the molecule is Cc1cnc(CNC(=O)[C@@H]2CCCN2C(=O)Cc2cccs2)o1. The van der Waals surface area contributed by atoms with Gasteiger partial charge in [-0.2, -0.15) is 0 Å². The van der Waals surface area contributed by atoms with Crippen molar-refractivity contribution < 1.29 is 14.0 Å². The zero-order valence-electron chi connectivity index (χ0n) is 12.9. The van der Waals surface area contributed by atoms with Gasteiger partial charge in [0.1, 0.15) is 11.8 Å². The lowest BCUT2D eigenvalue weighted by Gasteiger charge is -2.23. The highest BCUT2D eigenvalue weighted by Crippen LogP contribution is 2.20. The van der Waals surface area contributed by atoms with E-state index in [1.165, 1.54) is 0 Å². The third-order valence-electron chi connectivity index (χ3n) is 3.86. The van der Waals surface area contributed by atoms with Gasteiger partial charge in [-0.25, -0.2) is 4.98 Å². The summed E-state index contributed by atoms with van der Waals surface area (Å²) in [6.45, 7) is 2.69. The van der Waals surface area contributed by atoms with Crippen LogP contribution in [0.5, 0.6) is 0 Å². The summed E-state index contributed by atoms with van der Waals surface area (Å²) in [7, 11) is 0. The van der Waals surface area contributed by atoms with Crippen molar-refractivity contribution in [3.63, 3.8) is 0 Å². The second kappa shape index (κ2) is 6.95. The molecule has 122 valence electrons.